The summed E-state index contributed by atoms with van der Waals surface area (Å²) in [5.41, 5.74) is 2.23. The number of aryl methyl sites for hydroxylation is 1. The number of halogens is 1. The molecule has 0 saturated carbocycles. The summed E-state index contributed by atoms with van der Waals surface area (Å²) in [5.74, 6) is -1.02. The first-order valence-electron chi connectivity index (χ1n) is 7.24. The summed E-state index contributed by atoms with van der Waals surface area (Å²) in [5, 5.41) is 3.48. The number of nitrogens with one attached hydrogen (secondary N) is 1. The molecule has 0 fully saturated rings. The predicted molar refractivity (Wildman–Crippen MR) is 94.0 cm³/mol. The second kappa shape index (κ2) is 6.88. The molecule has 0 unspecified atom stereocenters. The number of hydrogen-bond donors (Lipinski definition) is 1. The van der Waals surface area contributed by atoms with Gasteiger partial charge in [0, 0.05) is 15.5 Å². The maximum absolute atomic E-state index is 12.0. The van der Waals surface area contributed by atoms with Crippen molar-refractivity contribution in [1.29, 1.82) is 0 Å². The largest absolute Gasteiger partial charge is 0.450 e. The van der Waals surface area contributed by atoms with Crippen LogP contribution in [-0.2, 0) is 9.53 Å². The number of carbonyl (C=O) groups excluding carboxylic acids is 2. The first kappa shape index (κ1) is 16.3. The van der Waals surface area contributed by atoms with Crippen molar-refractivity contribution < 1.29 is 18.7 Å². The second-order valence-corrected chi connectivity index (χ2v) is 6.09. The highest BCUT2D eigenvalue weighted by Crippen LogP contribution is 2.21. The molecule has 24 heavy (non-hydrogen) atoms. The molecule has 0 saturated heterocycles. The molecule has 3 rings (SSSR count). The van der Waals surface area contributed by atoms with E-state index in [9.17, 15) is 9.59 Å². The van der Waals surface area contributed by atoms with E-state index in [0.717, 1.165) is 15.4 Å². The van der Waals surface area contributed by atoms with Crippen LogP contribution in [0.4, 0.5) is 5.69 Å². The van der Waals surface area contributed by atoms with Crippen LogP contribution >= 0.6 is 15.9 Å². The van der Waals surface area contributed by atoms with E-state index in [4.69, 9.17) is 9.15 Å². The Balaban J connectivity index is 1.59. The van der Waals surface area contributed by atoms with Crippen molar-refractivity contribution >= 4 is 44.5 Å². The number of benzene rings is 2. The van der Waals surface area contributed by atoms with Gasteiger partial charge in [0.15, 0.2) is 6.61 Å². The third kappa shape index (κ3) is 3.65. The number of amides is 1. The molecule has 0 aliphatic carbocycles. The van der Waals surface area contributed by atoms with Gasteiger partial charge in [-0.15, -0.1) is 0 Å². The molecule has 1 N–H and O–H groups in total. The van der Waals surface area contributed by atoms with Gasteiger partial charge in [0.1, 0.15) is 5.58 Å². The van der Waals surface area contributed by atoms with Gasteiger partial charge in [-0.25, -0.2) is 4.79 Å². The van der Waals surface area contributed by atoms with Gasteiger partial charge < -0.3 is 14.5 Å². The summed E-state index contributed by atoms with van der Waals surface area (Å²) in [4.78, 5) is 23.9. The average molecular weight is 388 g/mol. The maximum atomic E-state index is 12.0. The third-order valence-electron chi connectivity index (χ3n) is 3.40. The molecule has 0 aliphatic heterocycles. The minimum absolute atomic E-state index is 0.0727. The molecular formula is C18H14BrNO4. The van der Waals surface area contributed by atoms with Gasteiger partial charge in [-0.1, -0.05) is 34.1 Å². The first-order chi connectivity index (χ1) is 11.5. The molecule has 1 aromatic heterocycles. The Labute approximate surface area is 146 Å². The molecule has 0 bridgehead atoms. The lowest BCUT2D eigenvalue weighted by Gasteiger charge is -2.07. The summed E-state index contributed by atoms with van der Waals surface area (Å²) in [6, 6.07) is 14.3. The maximum Gasteiger partial charge on any atom is 0.374 e. The lowest BCUT2D eigenvalue weighted by Crippen LogP contribution is -2.20. The van der Waals surface area contributed by atoms with Crippen molar-refractivity contribution in [1.82, 2.24) is 0 Å². The van der Waals surface area contributed by atoms with Crippen LogP contribution in [0.25, 0.3) is 11.0 Å². The van der Waals surface area contributed by atoms with Gasteiger partial charge in [0.2, 0.25) is 5.76 Å². The number of para-hydroxylation sites is 1. The second-order valence-electron chi connectivity index (χ2n) is 5.24. The van der Waals surface area contributed by atoms with Gasteiger partial charge in [0.25, 0.3) is 5.91 Å². The molecule has 0 radical (unpaired) electrons. The Morgan fingerprint density at radius 1 is 1.17 bits per heavy atom. The fourth-order valence-electron chi connectivity index (χ4n) is 2.20. The lowest BCUT2D eigenvalue weighted by molar-refractivity contribution is -0.119. The normalized spacial score (nSPS) is 10.6. The van der Waals surface area contributed by atoms with Crippen molar-refractivity contribution in [2.45, 2.75) is 6.92 Å². The van der Waals surface area contributed by atoms with Gasteiger partial charge in [-0.3, -0.25) is 4.79 Å². The number of furan rings is 1. The van der Waals surface area contributed by atoms with Crippen LogP contribution in [-0.4, -0.2) is 18.5 Å². The fourth-order valence-corrected chi connectivity index (χ4v) is 2.45. The fraction of sp³-hybridized carbons (Fsp3) is 0.111. The Hall–Kier alpha value is -2.60. The number of carbonyl (C=O) groups is 2. The zero-order valence-corrected chi connectivity index (χ0v) is 14.4. The summed E-state index contributed by atoms with van der Waals surface area (Å²) in [7, 11) is 0. The molecule has 0 aliphatic rings. The lowest BCUT2D eigenvalue weighted by atomic mass is 10.2. The van der Waals surface area contributed by atoms with E-state index in [1.807, 2.05) is 37.3 Å². The van der Waals surface area contributed by atoms with Crippen LogP contribution in [0.3, 0.4) is 0 Å². The van der Waals surface area contributed by atoms with Gasteiger partial charge in [-0.2, -0.15) is 0 Å². The summed E-state index contributed by atoms with van der Waals surface area (Å²) in [6.45, 7) is 1.53. The number of ether oxygens (including phenoxy) is 1. The van der Waals surface area contributed by atoms with Crippen LogP contribution in [0.1, 0.15) is 16.1 Å². The minimum Gasteiger partial charge on any atom is -0.450 e. The summed E-state index contributed by atoms with van der Waals surface area (Å²) < 4.78 is 11.3. The monoisotopic (exact) mass is 387 g/mol. The van der Waals surface area contributed by atoms with E-state index in [-0.39, 0.29) is 12.4 Å². The van der Waals surface area contributed by atoms with Crippen molar-refractivity contribution in [2.75, 3.05) is 11.9 Å². The minimum atomic E-state index is -0.673. The quantitative estimate of drug-likeness (QED) is 0.677. The number of rotatable bonds is 4. The van der Waals surface area contributed by atoms with E-state index >= 15 is 0 Å². The molecule has 5 nitrogen and oxygen atoms in total. The Bertz CT molecular complexity index is 883. The van der Waals surface area contributed by atoms with E-state index < -0.39 is 11.9 Å². The van der Waals surface area contributed by atoms with Crippen molar-refractivity contribution in [3.05, 3.63) is 64.3 Å². The van der Waals surface area contributed by atoms with Crippen LogP contribution in [0.15, 0.2) is 57.4 Å². The first-order valence-corrected chi connectivity index (χ1v) is 8.04. The molecule has 1 heterocycles. The molecule has 0 atom stereocenters. The molecule has 1 amide bonds. The molecule has 0 spiro atoms. The smallest absolute Gasteiger partial charge is 0.374 e. The van der Waals surface area contributed by atoms with Gasteiger partial charge >= 0.3 is 5.97 Å². The Morgan fingerprint density at radius 2 is 1.96 bits per heavy atom. The molecule has 122 valence electrons. The summed E-state index contributed by atoms with van der Waals surface area (Å²) in [6.07, 6.45) is 0. The molecular weight excluding hydrogens is 374 g/mol. The van der Waals surface area contributed by atoms with Gasteiger partial charge in [-0.05, 0) is 42.8 Å². The number of fused-ring (bicyclic) bond motifs is 1. The summed E-state index contributed by atoms with van der Waals surface area (Å²) >= 11 is 3.39. The number of hydrogen-bond acceptors (Lipinski definition) is 4. The van der Waals surface area contributed by atoms with Crippen LogP contribution in [0, 0.1) is 6.92 Å². The highest BCUT2D eigenvalue weighted by molar-refractivity contribution is 9.10. The van der Waals surface area contributed by atoms with Crippen LogP contribution in [0.2, 0.25) is 0 Å². The highest BCUT2D eigenvalue weighted by atomic mass is 79.9. The predicted octanol–water partition coefficient (Wildman–Crippen LogP) is 4.30. The molecule has 3 aromatic rings. The molecule has 2 aromatic carbocycles. The number of esters is 1. The van der Waals surface area contributed by atoms with Crippen molar-refractivity contribution in [2.24, 2.45) is 0 Å². The average Bonchev–Trinajstić information content (AvgIpc) is 3.00. The number of anilines is 1. The zero-order valence-electron chi connectivity index (χ0n) is 12.8. The van der Waals surface area contributed by atoms with E-state index in [1.165, 1.54) is 0 Å². The Morgan fingerprint density at radius 3 is 2.71 bits per heavy atom. The standard InChI is InChI=1S/C18H14BrNO4/c1-11-8-13(6-7-14(11)19)20-17(21)10-23-18(22)16-9-12-4-2-3-5-15(12)24-16/h2-9H,10H2,1H3,(H,20,21). The van der Waals surface area contributed by atoms with E-state index in [2.05, 4.69) is 21.2 Å². The third-order valence-corrected chi connectivity index (χ3v) is 4.29. The van der Waals surface area contributed by atoms with Crippen LogP contribution in [0.5, 0.6) is 0 Å². The van der Waals surface area contributed by atoms with E-state index in [1.54, 1.807) is 18.2 Å². The zero-order chi connectivity index (χ0) is 17.1. The van der Waals surface area contributed by atoms with Crippen molar-refractivity contribution in [3.63, 3.8) is 0 Å². The van der Waals surface area contributed by atoms with E-state index in [0.29, 0.717) is 11.3 Å². The van der Waals surface area contributed by atoms with Crippen LogP contribution < -0.4 is 5.32 Å². The topological polar surface area (TPSA) is 68.5 Å². The highest BCUT2D eigenvalue weighted by Gasteiger charge is 2.15. The Kier molecular flexibility index (Phi) is 4.66. The van der Waals surface area contributed by atoms with Crippen molar-refractivity contribution in [3.8, 4) is 0 Å². The molecule has 6 heteroatoms. The van der Waals surface area contributed by atoms with Gasteiger partial charge in [0.05, 0.1) is 0 Å². The SMILES string of the molecule is Cc1cc(NC(=O)COC(=O)c2cc3ccccc3o2)ccc1Br.